The molecule has 0 fully saturated rings. The van der Waals surface area contributed by atoms with Gasteiger partial charge in [-0.1, -0.05) is 0 Å². The topological polar surface area (TPSA) is 47.0 Å². The highest BCUT2D eigenvalue weighted by Crippen LogP contribution is 1.94. The highest BCUT2D eigenvalue weighted by molar-refractivity contribution is 4.87. The smallest absolute Gasteiger partial charge is 0.141 e. The molecule has 0 radical (unpaired) electrons. The van der Waals surface area contributed by atoms with Crippen LogP contribution in [0.3, 0.4) is 0 Å². The standard InChI is InChI=1S/C12H21N3O/c1-11(2)16-9-4-3-6-13-10-12-14-7-5-8-15-12/h5,7-8,11,13H,3-4,6,9-10H2,1-2H3. The van der Waals surface area contributed by atoms with Crippen LogP contribution in [0.1, 0.15) is 32.5 Å². The van der Waals surface area contributed by atoms with Gasteiger partial charge in [0.2, 0.25) is 0 Å². The van der Waals surface area contributed by atoms with E-state index < -0.39 is 0 Å². The van der Waals surface area contributed by atoms with Crippen LogP contribution in [0.5, 0.6) is 0 Å². The van der Waals surface area contributed by atoms with Crippen LogP contribution < -0.4 is 5.32 Å². The lowest BCUT2D eigenvalue weighted by Gasteiger charge is -2.07. The number of hydrogen-bond donors (Lipinski definition) is 1. The van der Waals surface area contributed by atoms with Crippen LogP contribution in [0, 0.1) is 0 Å². The molecular formula is C12H21N3O. The summed E-state index contributed by atoms with van der Waals surface area (Å²) in [6, 6.07) is 1.83. The van der Waals surface area contributed by atoms with Crippen molar-refractivity contribution >= 4 is 0 Å². The summed E-state index contributed by atoms with van der Waals surface area (Å²) >= 11 is 0. The fourth-order valence-electron chi connectivity index (χ4n) is 1.29. The molecule has 0 unspecified atom stereocenters. The minimum Gasteiger partial charge on any atom is -0.379 e. The van der Waals surface area contributed by atoms with Crippen molar-refractivity contribution in [3.63, 3.8) is 0 Å². The second-order valence-electron chi connectivity index (χ2n) is 3.97. The predicted octanol–water partition coefficient (Wildman–Crippen LogP) is 1.77. The van der Waals surface area contributed by atoms with Gasteiger partial charge in [0.15, 0.2) is 0 Å². The van der Waals surface area contributed by atoms with E-state index in [-0.39, 0.29) is 0 Å². The molecule has 4 nitrogen and oxygen atoms in total. The Bertz CT molecular complexity index is 264. The van der Waals surface area contributed by atoms with Crippen molar-refractivity contribution in [3.05, 3.63) is 24.3 Å². The average Bonchev–Trinajstić information content (AvgIpc) is 2.29. The Hall–Kier alpha value is -1.00. The zero-order chi connectivity index (χ0) is 11.6. The van der Waals surface area contributed by atoms with Gasteiger partial charge in [-0.15, -0.1) is 0 Å². The van der Waals surface area contributed by atoms with Gasteiger partial charge in [-0.25, -0.2) is 9.97 Å². The Balaban J connectivity index is 1.93. The number of unbranched alkanes of at least 4 members (excludes halogenated alkanes) is 1. The average molecular weight is 223 g/mol. The lowest BCUT2D eigenvalue weighted by atomic mass is 10.3. The summed E-state index contributed by atoms with van der Waals surface area (Å²) < 4.78 is 5.45. The van der Waals surface area contributed by atoms with E-state index in [0.29, 0.717) is 6.10 Å². The minimum absolute atomic E-state index is 0.339. The fourth-order valence-corrected chi connectivity index (χ4v) is 1.29. The van der Waals surface area contributed by atoms with Gasteiger partial charge in [0.1, 0.15) is 5.82 Å². The van der Waals surface area contributed by atoms with Crippen molar-refractivity contribution < 1.29 is 4.74 Å². The van der Waals surface area contributed by atoms with E-state index in [1.54, 1.807) is 12.4 Å². The molecule has 0 amide bonds. The largest absolute Gasteiger partial charge is 0.379 e. The second-order valence-corrected chi connectivity index (χ2v) is 3.97. The Kier molecular flexibility index (Phi) is 6.69. The van der Waals surface area contributed by atoms with Gasteiger partial charge < -0.3 is 10.1 Å². The number of aromatic nitrogens is 2. The van der Waals surface area contributed by atoms with E-state index in [0.717, 1.165) is 38.4 Å². The summed E-state index contributed by atoms with van der Waals surface area (Å²) in [7, 11) is 0. The molecule has 1 aromatic heterocycles. The van der Waals surface area contributed by atoms with Gasteiger partial charge in [0.05, 0.1) is 12.6 Å². The number of ether oxygens (including phenoxy) is 1. The quantitative estimate of drug-likeness (QED) is 0.682. The third-order valence-corrected chi connectivity index (χ3v) is 2.10. The number of rotatable bonds is 8. The van der Waals surface area contributed by atoms with Gasteiger partial charge in [-0.2, -0.15) is 0 Å². The molecule has 0 aliphatic rings. The molecule has 1 aromatic rings. The van der Waals surface area contributed by atoms with Crippen molar-refractivity contribution in [2.75, 3.05) is 13.2 Å². The maximum absolute atomic E-state index is 5.45. The van der Waals surface area contributed by atoms with Crippen LogP contribution in [0.15, 0.2) is 18.5 Å². The lowest BCUT2D eigenvalue weighted by molar-refractivity contribution is 0.0760. The van der Waals surface area contributed by atoms with Crippen molar-refractivity contribution in [3.8, 4) is 0 Å². The zero-order valence-electron chi connectivity index (χ0n) is 10.1. The van der Waals surface area contributed by atoms with Gasteiger partial charge >= 0.3 is 0 Å². The van der Waals surface area contributed by atoms with E-state index in [1.807, 2.05) is 6.07 Å². The van der Waals surface area contributed by atoms with Crippen LogP contribution in [0.2, 0.25) is 0 Å². The first-order valence-corrected chi connectivity index (χ1v) is 5.87. The summed E-state index contributed by atoms with van der Waals surface area (Å²) in [5.74, 6) is 0.848. The minimum atomic E-state index is 0.339. The fraction of sp³-hybridized carbons (Fsp3) is 0.667. The Labute approximate surface area is 97.5 Å². The second kappa shape index (κ2) is 8.19. The SMILES string of the molecule is CC(C)OCCCCNCc1ncccn1. The molecule has 4 heteroatoms. The van der Waals surface area contributed by atoms with Crippen molar-refractivity contribution in [2.45, 2.75) is 39.3 Å². The van der Waals surface area contributed by atoms with Crippen LogP contribution in [-0.4, -0.2) is 29.2 Å². The highest BCUT2D eigenvalue weighted by Gasteiger charge is 1.95. The monoisotopic (exact) mass is 223 g/mol. The van der Waals surface area contributed by atoms with Crippen molar-refractivity contribution in [1.29, 1.82) is 0 Å². The maximum atomic E-state index is 5.45. The Morgan fingerprint density at radius 3 is 2.69 bits per heavy atom. The van der Waals surface area contributed by atoms with E-state index in [2.05, 4.69) is 29.1 Å². The van der Waals surface area contributed by atoms with E-state index in [1.165, 1.54) is 0 Å². The molecule has 0 aliphatic heterocycles. The third-order valence-electron chi connectivity index (χ3n) is 2.10. The first kappa shape index (κ1) is 13.1. The summed E-state index contributed by atoms with van der Waals surface area (Å²) in [6.45, 7) is 6.70. The molecular weight excluding hydrogens is 202 g/mol. The highest BCUT2D eigenvalue weighted by atomic mass is 16.5. The summed E-state index contributed by atoms with van der Waals surface area (Å²) in [5.41, 5.74) is 0. The lowest BCUT2D eigenvalue weighted by Crippen LogP contribution is -2.17. The first-order valence-electron chi connectivity index (χ1n) is 5.87. The summed E-state index contributed by atoms with van der Waals surface area (Å²) in [5, 5.41) is 3.31. The third kappa shape index (κ3) is 6.48. The number of nitrogens with one attached hydrogen (secondary N) is 1. The molecule has 1 N–H and O–H groups in total. The van der Waals surface area contributed by atoms with Gasteiger partial charge in [-0.3, -0.25) is 0 Å². The molecule has 0 spiro atoms. The van der Waals surface area contributed by atoms with Crippen LogP contribution >= 0.6 is 0 Å². The summed E-state index contributed by atoms with van der Waals surface area (Å²) in [4.78, 5) is 8.28. The molecule has 16 heavy (non-hydrogen) atoms. The van der Waals surface area contributed by atoms with Crippen LogP contribution in [0.25, 0.3) is 0 Å². The van der Waals surface area contributed by atoms with Crippen LogP contribution in [0.4, 0.5) is 0 Å². The van der Waals surface area contributed by atoms with Crippen molar-refractivity contribution in [2.24, 2.45) is 0 Å². The Morgan fingerprint density at radius 2 is 2.00 bits per heavy atom. The van der Waals surface area contributed by atoms with Crippen LogP contribution in [-0.2, 0) is 11.3 Å². The molecule has 0 saturated heterocycles. The molecule has 0 bridgehead atoms. The molecule has 0 aromatic carbocycles. The molecule has 0 aliphatic carbocycles. The predicted molar refractivity (Wildman–Crippen MR) is 64.1 cm³/mol. The number of hydrogen-bond acceptors (Lipinski definition) is 4. The summed E-state index contributed by atoms with van der Waals surface area (Å²) in [6.07, 6.45) is 6.09. The first-order chi connectivity index (χ1) is 7.79. The Morgan fingerprint density at radius 1 is 1.25 bits per heavy atom. The molecule has 0 atom stereocenters. The molecule has 90 valence electrons. The zero-order valence-corrected chi connectivity index (χ0v) is 10.1. The molecule has 0 saturated carbocycles. The molecule has 1 rings (SSSR count). The molecule has 1 heterocycles. The van der Waals surface area contributed by atoms with E-state index >= 15 is 0 Å². The van der Waals surface area contributed by atoms with E-state index in [9.17, 15) is 0 Å². The number of nitrogens with zero attached hydrogens (tertiary/aromatic N) is 2. The van der Waals surface area contributed by atoms with Gasteiger partial charge in [-0.05, 0) is 39.3 Å². The van der Waals surface area contributed by atoms with Gasteiger partial charge in [0.25, 0.3) is 0 Å². The maximum Gasteiger partial charge on any atom is 0.141 e. The normalized spacial score (nSPS) is 10.9. The van der Waals surface area contributed by atoms with Gasteiger partial charge in [0, 0.05) is 19.0 Å². The van der Waals surface area contributed by atoms with E-state index in [4.69, 9.17) is 4.74 Å². The van der Waals surface area contributed by atoms with Crippen molar-refractivity contribution in [1.82, 2.24) is 15.3 Å².